The molecular formula is C61H54Cl6N2O8. The van der Waals surface area contributed by atoms with Gasteiger partial charge in [0.05, 0.1) is 61.6 Å². The van der Waals surface area contributed by atoms with Gasteiger partial charge in [-0.25, -0.2) is 9.59 Å². The molecule has 0 amide bonds. The summed E-state index contributed by atoms with van der Waals surface area (Å²) in [5, 5.41) is 11.9. The van der Waals surface area contributed by atoms with E-state index in [2.05, 4.69) is 10.3 Å². The van der Waals surface area contributed by atoms with E-state index < -0.39 is 0 Å². The van der Waals surface area contributed by atoms with Crippen molar-refractivity contribution in [2.75, 3.05) is 14.2 Å². The number of benzene rings is 6. The number of methoxy groups -OCH3 is 2. The Morgan fingerprint density at radius 1 is 0.545 bits per heavy atom. The first-order valence-corrected chi connectivity index (χ1v) is 26.4. The van der Waals surface area contributed by atoms with Crippen LogP contribution in [0.4, 0.5) is 0 Å². The van der Waals surface area contributed by atoms with Crippen molar-refractivity contribution < 1.29 is 37.6 Å². The van der Waals surface area contributed by atoms with Crippen LogP contribution in [0, 0.1) is 0 Å². The second kappa shape index (κ2) is 25.0. The van der Waals surface area contributed by atoms with Crippen LogP contribution in [0.3, 0.4) is 0 Å². The van der Waals surface area contributed by atoms with E-state index >= 15 is 0 Å². The van der Waals surface area contributed by atoms with Gasteiger partial charge in [-0.15, -0.1) is 0 Å². The van der Waals surface area contributed by atoms with Crippen LogP contribution in [0.1, 0.15) is 136 Å². The highest BCUT2D eigenvalue weighted by atomic mass is 35.5. The first-order chi connectivity index (χ1) is 36.4. The van der Waals surface area contributed by atoms with Crippen LogP contribution in [-0.2, 0) is 22.7 Å². The van der Waals surface area contributed by atoms with Gasteiger partial charge in [0.1, 0.15) is 47.6 Å². The summed E-state index contributed by atoms with van der Waals surface area (Å²) in [6.45, 7) is 0.505. The molecule has 2 unspecified atom stereocenters. The minimum Gasteiger partial charge on any atom is -0.489 e. The molecule has 0 spiro atoms. The van der Waals surface area contributed by atoms with Gasteiger partial charge in [-0.3, -0.25) is 0 Å². The quantitative estimate of drug-likeness (QED) is 0.0682. The van der Waals surface area contributed by atoms with Gasteiger partial charge in [0.15, 0.2) is 0 Å². The van der Waals surface area contributed by atoms with Gasteiger partial charge in [-0.2, -0.15) is 0 Å². The number of hydrogen-bond acceptors (Lipinski definition) is 10. The van der Waals surface area contributed by atoms with E-state index in [9.17, 15) is 9.59 Å². The molecule has 0 N–H and O–H groups in total. The molecule has 77 heavy (non-hydrogen) atoms. The molecule has 0 bridgehead atoms. The van der Waals surface area contributed by atoms with E-state index in [0.717, 1.165) is 71.4 Å². The molecule has 10 nitrogen and oxygen atoms in total. The van der Waals surface area contributed by atoms with Gasteiger partial charge >= 0.3 is 11.9 Å². The summed E-state index contributed by atoms with van der Waals surface area (Å²) in [6, 6.07) is 36.8. The van der Waals surface area contributed by atoms with Crippen molar-refractivity contribution in [1.29, 1.82) is 0 Å². The lowest BCUT2D eigenvalue weighted by Crippen LogP contribution is -2.01. The highest BCUT2D eigenvalue weighted by molar-refractivity contribution is 6.40. The Hall–Kier alpha value is -6.24. The lowest BCUT2D eigenvalue weighted by atomic mass is 10.0. The summed E-state index contributed by atoms with van der Waals surface area (Å²) < 4.78 is 33.3. The molecule has 6 aromatic carbocycles. The minimum atomic E-state index is -0.369. The molecule has 2 heterocycles. The molecule has 398 valence electrons. The summed E-state index contributed by atoms with van der Waals surface area (Å²) in [7, 11) is 2.74. The van der Waals surface area contributed by atoms with Crippen molar-refractivity contribution >= 4 is 93.7 Å². The second-order valence-corrected chi connectivity index (χ2v) is 20.9. The number of hydrogen-bond donors (Lipinski definition) is 0. The zero-order valence-corrected chi connectivity index (χ0v) is 44.9. The Morgan fingerprint density at radius 3 is 1.44 bits per heavy atom. The molecule has 0 saturated heterocycles. The van der Waals surface area contributed by atoms with Crippen molar-refractivity contribution in [3.05, 3.63) is 207 Å². The van der Waals surface area contributed by atoms with Crippen molar-refractivity contribution in [1.82, 2.24) is 10.3 Å². The SMILES string of the molecule is C.C.COC(=O)c1ccc(/C=C/c2ccc(OCc3c(-c4c(Cl)cccc4Cl)noc3C3CC3)cc2Cl)cc1.COC(=O)c1ccc(C2CC2c2ccc(OCc3c(-c4c(Cl)cccc4Cl)noc3C3CC3)cc2Cl)cc1. The third kappa shape index (κ3) is 13.0. The monoisotopic (exact) mass is 1150 g/mol. The van der Waals surface area contributed by atoms with E-state index in [1.807, 2.05) is 66.7 Å². The van der Waals surface area contributed by atoms with Crippen LogP contribution < -0.4 is 9.47 Å². The maximum atomic E-state index is 11.7. The van der Waals surface area contributed by atoms with Crippen molar-refractivity contribution in [2.45, 2.75) is 83.8 Å². The fourth-order valence-corrected chi connectivity index (χ4v) is 10.7. The third-order valence-electron chi connectivity index (χ3n) is 13.4. The van der Waals surface area contributed by atoms with Crippen molar-refractivity contribution in [3.8, 4) is 34.0 Å². The van der Waals surface area contributed by atoms with Crippen molar-refractivity contribution in [2.24, 2.45) is 0 Å². The normalized spacial score (nSPS) is 15.4. The zero-order valence-electron chi connectivity index (χ0n) is 40.4. The third-order valence-corrected chi connectivity index (χ3v) is 15.3. The zero-order chi connectivity index (χ0) is 52.3. The van der Waals surface area contributed by atoms with E-state index in [0.29, 0.717) is 98.9 Å². The van der Waals surface area contributed by atoms with Crippen LogP contribution in [0.5, 0.6) is 11.5 Å². The smallest absolute Gasteiger partial charge is 0.337 e. The van der Waals surface area contributed by atoms with Gasteiger partial charge in [0.25, 0.3) is 0 Å². The fraction of sp³-hybridized carbons (Fsp3) is 0.246. The number of ether oxygens (including phenoxy) is 4. The molecule has 0 radical (unpaired) electrons. The standard InChI is InChI=1S/C30H24Cl3NO4.C29H22Cl3NO4.2CH4/c1-36-30(35)18-9-5-16(6-10-18)21-14-22(21)20-12-11-19(13-26(20)33)37-15-23-28(34-38-29(23)17-7-8-17)27-24(31)3-2-4-25(27)32;1-35-29(34)20-9-6-17(7-10-20)5-8-18-13-14-21(15-25(18)32)36-16-22-27(33-37-28(22)19-11-12-19)26-23(30)3-2-4-24(26)31;;/h2-6,9-13,17,21-22H,7-8,14-15H2,1H3;2-10,13-15,19H,11-12,16H2,1H3;2*1H4/b;8-5+;;. The summed E-state index contributed by atoms with van der Waals surface area (Å²) in [6.07, 6.45) is 9.05. The fourth-order valence-electron chi connectivity index (χ4n) is 8.96. The molecule has 11 rings (SSSR count). The Balaban J connectivity index is 0.000000199. The molecule has 0 aliphatic heterocycles. The number of halogens is 6. The Labute approximate surface area is 478 Å². The van der Waals surface area contributed by atoms with Crippen LogP contribution in [-0.4, -0.2) is 36.5 Å². The number of rotatable bonds is 16. The highest BCUT2D eigenvalue weighted by Crippen LogP contribution is 2.56. The summed E-state index contributed by atoms with van der Waals surface area (Å²) >= 11 is 39.1. The maximum Gasteiger partial charge on any atom is 0.337 e. The van der Waals surface area contributed by atoms with Gasteiger partial charge < -0.3 is 28.0 Å². The number of nitrogens with zero attached hydrogens (tertiary/aromatic N) is 2. The average Bonchev–Trinajstić information content (AvgIpc) is 4.37. The lowest BCUT2D eigenvalue weighted by Gasteiger charge is -2.11. The lowest BCUT2D eigenvalue weighted by molar-refractivity contribution is 0.0592. The van der Waals surface area contributed by atoms with Gasteiger partial charge in [0, 0.05) is 28.0 Å². The predicted octanol–water partition coefficient (Wildman–Crippen LogP) is 18.8. The molecular weight excluding hydrogens is 1100 g/mol. The molecule has 3 saturated carbocycles. The Bertz CT molecular complexity index is 3400. The first kappa shape index (κ1) is 56.9. The molecule has 16 heteroatoms. The topological polar surface area (TPSA) is 123 Å². The summed E-state index contributed by atoms with van der Waals surface area (Å²) in [5.74, 6) is 3.59. The number of carbonyl (C=O) groups excluding carboxylic acids is 2. The first-order valence-electron chi connectivity index (χ1n) is 24.1. The van der Waals surface area contributed by atoms with Crippen LogP contribution in [0.25, 0.3) is 34.7 Å². The van der Waals surface area contributed by atoms with Crippen LogP contribution in [0.2, 0.25) is 30.1 Å². The average molecular weight is 1160 g/mol. The summed E-state index contributed by atoms with van der Waals surface area (Å²) in [5.41, 5.74) is 9.28. The van der Waals surface area contributed by atoms with Crippen LogP contribution in [0.15, 0.2) is 130 Å². The molecule has 3 aliphatic rings. The maximum absolute atomic E-state index is 11.7. The molecule has 3 fully saturated rings. The molecule has 2 aromatic heterocycles. The molecule has 8 aromatic rings. The number of aromatic nitrogens is 2. The van der Waals surface area contributed by atoms with E-state index in [1.165, 1.54) is 19.8 Å². The Morgan fingerprint density at radius 2 is 1.00 bits per heavy atom. The predicted molar refractivity (Wildman–Crippen MR) is 307 cm³/mol. The largest absolute Gasteiger partial charge is 0.489 e. The number of carbonyl (C=O) groups is 2. The highest BCUT2D eigenvalue weighted by Gasteiger charge is 2.41. The molecule has 2 atom stereocenters. The van der Waals surface area contributed by atoms with Gasteiger partial charge in [-0.05, 0) is 145 Å². The second-order valence-electron chi connectivity index (χ2n) is 18.4. The number of esters is 2. The van der Waals surface area contributed by atoms with E-state index in [4.69, 9.17) is 97.6 Å². The minimum absolute atomic E-state index is 0. The molecule has 3 aliphatic carbocycles. The van der Waals surface area contributed by atoms with Crippen molar-refractivity contribution in [3.63, 3.8) is 0 Å². The van der Waals surface area contributed by atoms with E-state index in [1.54, 1.807) is 66.7 Å². The van der Waals surface area contributed by atoms with E-state index in [-0.39, 0.29) is 40.0 Å². The van der Waals surface area contributed by atoms with Crippen LogP contribution >= 0.6 is 69.6 Å². The Kier molecular flexibility index (Phi) is 18.5. The van der Waals surface area contributed by atoms with Gasteiger partial charge in [0.2, 0.25) is 0 Å². The summed E-state index contributed by atoms with van der Waals surface area (Å²) in [4.78, 5) is 23.3. The van der Waals surface area contributed by atoms with Gasteiger partial charge in [-0.1, -0.05) is 149 Å².